The van der Waals surface area contributed by atoms with Crippen LogP contribution in [0.15, 0.2) is 0 Å². The fourth-order valence-electron chi connectivity index (χ4n) is 2.26. The Labute approximate surface area is 117 Å². The number of hydrogen-bond acceptors (Lipinski definition) is 3. The average molecular weight is 320 g/mol. The van der Waals surface area contributed by atoms with E-state index in [1.54, 1.807) is 0 Å². The van der Waals surface area contributed by atoms with Gasteiger partial charge in [-0.3, -0.25) is 9.59 Å². The molecule has 5 heteroatoms. The van der Waals surface area contributed by atoms with E-state index in [-0.39, 0.29) is 17.8 Å². The molecule has 0 bridgehead atoms. The first-order chi connectivity index (χ1) is 8.65. The number of amides is 1. The molecule has 0 aromatic heterocycles. The van der Waals surface area contributed by atoms with Crippen molar-refractivity contribution in [2.45, 2.75) is 49.8 Å². The molecule has 0 aromatic rings. The van der Waals surface area contributed by atoms with Crippen LogP contribution in [0.2, 0.25) is 0 Å². The fraction of sp³-hybridized carbons (Fsp3) is 0.846. The van der Waals surface area contributed by atoms with Gasteiger partial charge in [0.25, 0.3) is 0 Å². The Morgan fingerprint density at radius 1 is 1.22 bits per heavy atom. The van der Waals surface area contributed by atoms with Crippen molar-refractivity contribution in [2.75, 3.05) is 13.7 Å². The predicted octanol–water partition coefficient (Wildman–Crippen LogP) is 2.40. The molecule has 1 aliphatic rings. The van der Waals surface area contributed by atoms with Gasteiger partial charge in [-0.05, 0) is 12.8 Å². The first-order valence-corrected chi connectivity index (χ1v) is 7.56. The summed E-state index contributed by atoms with van der Waals surface area (Å²) in [5, 5.41) is 2.83. The molecule has 1 atom stereocenters. The van der Waals surface area contributed by atoms with E-state index in [1.165, 1.54) is 26.4 Å². The predicted molar refractivity (Wildman–Crippen MR) is 73.5 cm³/mol. The Kier molecular flexibility index (Phi) is 7.32. The lowest BCUT2D eigenvalue weighted by atomic mass is 9.90. The molecule has 1 saturated carbocycles. The summed E-state index contributed by atoms with van der Waals surface area (Å²) in [5.74, 6) is -0.166. The minimum Gasteiger partial charge on any atom is -0.468 e. The molecule has 4 nitrogen and oxygen atoms in total. The van der Waals surface area contributed by atoms with Crippen LogP contribution in [0.3, 0.4) is 0 Å². The van der Waals surface area contributed by atoms with Gasteiger partial charge in [0.15, 0.2) is 0 Å². The molecular weight excluding hydrogens is 298 g/mol. The highest BCUT2D eigenvalue weighted by molar-refractivity contribution is 9.10. The third-order valence-corrected chi connectivity index (χ3v) is 4.09. The van der Waals surface area contributed by atoms with Crippen LogP contribution in [-0.2, 0) is 14.3 Å². The number of halogens is 1. The molecule has 0 aliphatic heterocycles. The topological polar surface area (TPSA) is 55.4 Å². The summed E-state index contributed by atoms with van der Waals surface area (Å²) < 4.78 is 4.59. The summed E-state index contributed by atoms with van der Waals surface area (Å²) in [4.78, 5) is 22.7. The van der Waals surface area contributed by atoms with Gasteiger partial charge in [0.2, 0.25) is 5.91 Å². The lowest BCUT2D eigenvalue weighted by Crippen LogP contribution is -2.37. The third kappa shape index (κ3) is 5.38. The summed E-state index contributed by atoms with van der Waals surface area (Å²) in [6, 6.07) is 0. The fourth-order valence-corrected chi connectivity index (χ4v) is 2.61. The van der Waals surface area contributed by atoms with Crippen molar-refractivity contribution in [1.29, 1.82) is 0 Å². The maximum Gasteiger partial charge on any atom is 0.321 e. The van der Waals surface area contributed by atoms with E-state index >= 15 is 0 Å². The van der Waals surface area contributed by atoms with Crippen molar-refractivity contribution in [3.8, 4) is 0 Å². The van der Waals surface area contributed by atoms with Gasteiger partial charge in [0.05, 0.1) is 7.11 Å². The van der Waals surface area contributed by atoms with Gasteiger partial charge in [-0.25, -0.2) is 0 Å². The number of nitrogens with one attached hydrogen (secondary N) is 1. The van der Waals surface area contributed by atoms with Crippen LogP contribution in [0, 0.1) is 5.92 Å². The van der Waals surface area contributed by atoms with E-state index in [4.69, 9.17) is 0 Å². The van der Waals surface area contributed by atoms with Crippen LogP contribution in [0.5, 0.6) is 0 Å². The molecule has 104 valence electrons. The highest BCUT2D eigenvalue weighted by atomic mass is 79.9. The Bertz CT molecular complexity index is 275. The van der Waals surface area contributed by atoms with Gasteiger partial charge >= 0.3 is 5.97 Å². The molecule has 1 N–H and O–H groups in total. The summed E-state index contributed by atoms with van der Waals surface area (Å²) in [5.41, 5.74) is 0. The van der Waals surface area contributed by atoms with Crippen molar-refractivity contribution in [1.82, 2.24) is 5.32 Å². The Morgan fingerprint density at radius 3 is 2.33 bits per heavy atom. The number of carbonyl (C=O) groups excluding carboxylic acids is 2. The molecule has 18 heavy (non-hydrogen) atoms. The highest BCUT2D eigenvalue weighted by Crippen LogP contribution is 2.22. The van der Waals surface area contributed by atoms with E-state index < -0.39 is 4.83 Å². The molecule has 0 heterocycles. The molecular formula is C13H22BrNO3. The molecule has 1 rings (SSSR count). The second-order valence-corrected chi connectivity index (χ2v) is 5.88. The van der Waals surface area contributed by atoms with Crippen molar-refractivity contribution in [3.63, 3.8) is 0 Å². The van der Waals surface area contributed by atoms with Gasteiger partial charge < -0.3 is 10.1 Å². The van der Waals surface area contributed by atoms with E-state index in [0.29, 0.717) is 6.54 Å². The number of rotatable bonds is 4. The molecule has 0 spiro atoms. The molecule has 1 aliphatic carbocycles. The monoisotopic (exact) mass is 319 g/mol. The highest BCUT2D eigenvalue weighted by Gasteiger charge is 2.21. The first-order valence-electron chi connectivity index (χ1n) is 6.64. The SMILES string of the molecule is COC(=O)C(Br)CNC(=O)C1CCCCCCC1. The largest absolute Gasteiger partial charge is 0.468 e. The third-order valence-electron chi connectivity index (χ3n) is 3.39. The van der Waals surface area contributed by atoms with Gasteiger partial charge in [0.1, 0.15) is 4.83 Å². The maximum absolute atomic E-state index is 12.0. The quantitative estimate of drug-likeness (QED) is 0.639. The van der Waals surface area contributed by atoms with Crippen LogP contribution < -0.4 is 5.32 Å². The summed E-state index contributed by atoms with van der Waals surface area (Å²) in [6.07, 6.45) is 7.95. The van der Waals surface area contributed by atoms with Crippen LogP contribution in [0.4, 0.5) is 0 Å². The maximum atomic E-state index is 12.0. The number of ether oxygens (including phenoxy) is 1. The summed E-state index contributed by atoms with van der Waals surface area (Å²) in [7, 11) is 1.34. The Balaban J connectivity index is 2.32. The van der Waals surface area contributed by atoms with Gasteiger partial charge in [0, 0.05) is 12.5 Å². The minimum atomic E-state index is -0.458. The minimum absolute atomic E-state index is 0.0743. The number of alkyl halides is 1. The van der Waals surface area contributed by atoms with E-state index in [1.807, 2.05) is 0 Å². The van der Waals surface area contributed by atoms with Crippen molar-refractivity contribution in [3.05, 3.63) is 0 Å². The van der Waals surface area contributed by atoms with Crippen molar-refractivity contribution in [2.24, 2.45) is 5.92 Å². The van der Waals surface area contributed by atoms with E-state index in [9.17, 15) is 9.59 Å². The first kappa shape index (κ1) is 15.5. The average Bonchev–Trinajstić information content (AvgIpc) is 2.34. The lowest BCUT2D eigenvalue weighted by Gasteiger charge is -2.19. The molecule has 1 amide bonds. The van der Waals surface area contributed by atoms with Crippen LogP contribution in [-0.4, -0.2) is 30.4 Å². The summed E-state index contributed by atoms with van der Waals surface area (Å²) >= 11 is 3.19. The van der Waals surface area contributed by atoms with E-state index in [0.717, 1.165) is 25.7 Å². The second kappa shape index (κ2) is 8.51. The van der Waals surface area contributed by atoms with E-state index in [2.05, 4.69) is 26.0 Å². The Hall–Kier alpha value is -0.580. The normalized spacial score (nSPS) is 19.4. The number of carbonyl (C=O) groups is 2. The van der Waals surface area contributed by atoms with Gasteiger partial charge in [-0.1, -0.05) is 48.0 Å². The van der Waals surface area contributed by atoms with Crippen LogP contribution in [0.25, 0.3) is 0 Å². The molecule has 0 radical (unpaired) electrons. The van der Waals surface area contributed by atoms with Crippen molar-refractivity contribution < 1.29 is 14.3 Å². The Morgan fingerprint density at radius 2 is 1.78 bits per heavy atom. The van der Waals surface area contributed by atoms with Crippen LogP contribution >= 0.6 is 15.9 Å². The lowest BCUT2D eigenvalue weighted by molar-refractivity contribution is -0.139. The summed E-state index contributed by atoms with van der Waals surface area (Å²) in [6.45, 7) is 0.294. The van der Waals surface area contributed by atoms with Crippen molar-refractivity contribution >= 4 is 27.8 Å². The molecule has 1 unspecified atom stereocenters. The number of esters is 1. The second-order valence-electron chi connectivity index (χ2n) is 4.78. The number of hydrogen-bond donors (Lipinski definition) is 1. The standard InChI is InChI=1S/C13H22BrNO3/c1-18-13(17)11(14)9-15-12(16)10-7-5-3-2-4-6-8-10/h10-11H,2-9H2,1H3,(H,15,16). The smallest absolute Gasteiger partial charge is 0.321 e. The molecule has 0 saturated heterocycles. The zero-order valence-corrected chi connectivity index (χ0v) is 12.5. The zero-order chi connectivity index (χ0) is 13.4. The van der Waals surface area contributed by atoms with Gasteiger partial charge in [-0.2, -0.15) is 0 Å². The van der Waals surface area contributed by atoms with Crippen LogP contribution in [0.1, 0.15) is 44.9 Å². The number of methoxy groups -OCH3 is 1. The molecule has 1 fully saturated rings. The van der Waals surface area contributed by atoms with Gasteiger partial charge in [-0.15, -0.1) is 0 Å². The molecule has 0 aromatic carbocycles. The zero-order valence-electron chi connectivity index (χ0n) is 10.9.